The molecule has 0 amide bonds. The van der Waals surface area contributed by atoms with E-state index in [1.165, 1.54) is 5.57 Å². The van der Waals surface area contributed by atoms with E-state index in [2.05, 4.69) is 43.3 Å². The minimum absolute atomic E-state index is 0.0339. The van der Waals surface area contributed by atoms with Crippen LogP contribution in [0, 0.1) is 5.92 Å². The Balaban J connectivity index is 2.29. The van der Waals surface area contributed by atoms with Crippen molar-refractivity contribution in [1.82, 2.24) is 10.2 Å². The zero-order chi connectivity index (χ0) is 16.1. The summed E-state index contributed by atoms with van der Waals surface area (Å²) in [6.07, 6.45) is 8.40. The number of aliphatic hydroxyl groups excluding tert-OH is 2. The zero-order valence-corrected chi connectivity index (χ0v) is 14.1. The van der Waals surface area contributed by atoms with E-state index in [1.807, 2.05) is 0 Å². The number of allylic oxidation sites excluding steroid dienone is 3. The van der Waals surface area contributed by atoms with Gasteiger partial charge in [0, 0.05) is 29.4 Å². The van der Waals surface area contributed by atoms with E-state index in [1.54, 1.807) is 0 Å². The van der Waals surface area contributed by atoms with Crippen LogP contribution in [-0.2, 0) is 0 Å². The molecule has 0 spiro atoms. The van der Waals surface area contributed by atoms with Crippen molar-refractivity contribution in [2.24, 2.45) is 5.92 Å². The van der Waals surface area contributed by atoms with Gasteiger partial charge < -0.3 is 20.4 Å². The van der Waals surface area contributed by atoms with Crippen molar-refractivity contribution in [3.63, 3.8) is 0 Å². The third kappa shape index (κ3) is 3.55. The van der Waals surface area contributed by atoms with Gasteiger partial charge in [0.05, 0.1) is 19.3 Å². The Labute approximate surface area is 134 Å². The second-order valence-corrected chi connectivity index (χ2v) is 6.44. The van der Waals surface area contributed by atoms with E-state index in [0.29, 0.717) is 5.92 Å². The Bertz CT molecular complexity index is 479. The molecule has 0 aromatic carbocycles. The fourth-order valence-corrected chi connectivity index (χ4v) is 3.30. The molecule has 0 aromatic rings. The number of hydrogen-bond donors (Lipinski definition) is 3. The molecule has 0 unspecified atom stereocenters. The second kappa shape index (κ2) is 7.84. The summed E-state index contributed by atoms with van der Waals surface area (Å²) in [5.41, 5.74) is 4.51. The Morgan fingerprint density at radius 3 is 2.86 bits per heavy atom. The predicted molar refractivity (Wildman–Crippen MR) is 90.0 cm³/mol. The maximum atomic E-state index is 9.94. The summed E-state index contributed by atoms with van der Waals surface area (Å²) in [5, 5.41) is 23.0. The summed E-state index contributed by atoms with van der Waals surface area (Å²) >= 11 is 0. The van der Waals surface area contributed by atoms with Crippen molar-refractivity contribution in [1.29, 1.82) is 0 Å². The zero-order valence-electron chi connectivity index (χ0n) is 14.1. The van der Waals surface area contributed by atoms with Crippen molar-refractivity contribution < 1.29 is 10.2 Å². The normalized spacial score (nSPS) is 26.5. The van der Waals surface area contributed by atoms with Crippen LogP contribution in [0.5, 0.6) is 0 Å². The van der Waals surface area contributed by atoms with Crippen molar-refractivity contribution in [3.05, 3.63) is 34.8 Å². The highest BCUT2D eigenvalue weighted by atomic mass is 16.3. The molecule has 0 saturated carbocycles. The van der Waals surface area contributed by atoms with Crippen LogP contribution < -0.4 is 5.32 Å². The first-order valence-corrected chi connectivity index (χ1v) is 8.46. The van der Waals surface area contributed by atoms with Crippen LogP contribution in [0.15, 0.2) is 34.8 Å². The van der Waals surface area contributed by atoms with Gasteiger partial charge in [0.25, 0.3) is 0 Å². The first-order chi connectivity index (χ1) is 10.6. The number of rotatable bonds is 6. The Morgan fingerprint density at radius 1 is 1.45 bits per heavy atom. The molecule has 1 saturated heterocycles. The van der Waals surface area contributed by atoms with Gasteiger partial charge in [-0.25, -0.2) is 0 Å². The van der Waals surface area contributed by atoms with Gasteiger partial charge in [0.2, 0.25) is 0 Å². The van der Waals surface area contributed by atoms with Gasteiger partial charge in [-0.1, -0.05) is 25.5 Å². The number of likely N-dealkylation sites (tertiary alicyclic amines) is 1. The molecule has 4 heteroatoms. The van der Waals surface area contributed by atoms with Gasteiger partial charge in [-0.15, -0.1) is 0 Å². The molecule has 0 aromatic heterocycles. The highest BCUT2D eigenvalue weighted by Crippen LogP contribution is 2.34. The lowest BCUT2D eigenvalue weighted by Crippen LogP contribution is -2.35. The second-order valence-electron chi connectivity index (χ2n) is 6.44. The highest BCUT2D eigenvalue weighted by Gasteiger charge is 2.30. The van der Waals surface area contributed by atoms with Crippen LogP contribution in [0.1, 0.15) is 46.5 Å². The molecular formula is C18H30N2O2. The summed E-state index contributed by atoms with van der Waals surface area (Å²) in [6.45, 7) is 7.62. The Morgan fingerprint density at radius 2 is 2.23 bits per heavy atom. The minimum atomic E-state index is 0.0339. The molecular weight excluding hydrogens is 276 g/mol. The quantitative estimate of drug-likeness (QED) is 0.706. The maximum absolute atomic E-state index is 9.94. The molecule has 2 atom stereocenters. The summed E-state index contributed by atoms with van der Waals surface area (Å²) < 4.78 is 0. The lowest BCUT2D eigenvalue weighted by Gasteiger charge is -2.34. The van der Waals surface area contributed by atoms with Crippen molar-refractivity contribution in [2.45, 2.75) is 52.5 Å². The summed E-state index contributed by atoms with van der Waals surface area (Å²) in [7, 11) is 0. The van der Waals surface area contributed by atoms with E-state index >= 15 is 0 Å². The molecule has 2 aliphatic rings. The lowest BCUT2D eigenvalue weighted by molar-refractivity contribution is 0.184. The van der Waals surface area contributed by atoms with Crippen LogP contribution >= 0.6 is 0 Å². The largest absolute Gasteiger partial charge is 0.394 e. The Kier molecular flexibility index (Phi) is 6.09. The average Bonchev–Trinajstić information content (AvgIpc) is 3.01. The van der Waals surface area contributed by atoms with E-state index in [9.17, 15) is 10.2 Å². The molecule has 1 heterocycles. The summed E-state index contributed by atoms with van der Waals surface area (Å²) in [6, 6.07) is 0.190. The molecule has 124 valence electrons. The van der Waals surface area contributed by atoms with Crippen molar-refractivity contribution in [3.8, 4) is 0 Å². The smallest absolute Gasteiger partial charge is 0.0719 e. The minimum Gasteiger partial charge on any atom is -0.394 e. The van der Waals surface area contributed by atoms with Gasteiger partial charge in [0.15, 0.2) is 0 Å². The first kappa shape index (κ1) is 17.1. The van der Waals surface area contributed by atoms with E-state index < -0.39 is 0 Å². The average molecular weight is 306 g/mol. The molecule has 4 nitrogen and oxygen atoms in total. The molecule has 2 rings (SSSR count). The molecule has 1 aliphatic carbocycles. The van der Waals surface area contributed by atoms with Crippen LogP contribution in [0.3, 0.4) is 0 Å². The SMILES string of the molecule is CC/C(C)=C\NC1=C(CO)C(N2CCC[C@H]2CO)=CC[C@@H]1C. The first-order valence-electron chi connectivity index (χ1n) is 8.46. The summed E-state index contributed by atoms with van der Waals surface area (Å²) in [5.74, 6) is 0.377. The molecule has 1 aliphatic heterocycles. The number of hydrogen-bond acceptors (Lipinski definition) is 4. The standard InChI is InChI=1S/C18H30N2O2/c1-4-13(2)10-19-18-14(3)7-8-17(16(18)12-22)20-9-5-6-15(20)11-21/h8,10,14-15,19,21-22H,4-7,9,11-12H2,1-3H3/b13-10-/t14-,15-/m0/s1. The van der Waals surface area contributed by atoms with Crippen LogP contribution in [0.25, 0.3) is 0 Å². The van der Waals surface area contributed by atoms with Gasteiger partial charge in [-0.05, 0) is 38.8 Å². The molecule has 0 radical (unpaired) electrons. The Hall–Kier alpha value is -1.26. The predicted octanol–water partition coefficient (Wildman–Crippen LogP) is 2.52. The van der Waals surface area contributed by atoms with E-state index in [-0.39, 0.29) is 19.3 Å². The molecule has 3 N–H and O–H groups in total. The molecule has 1 fully saturated rings. The van der Waals surface area contributed by atoms with E-state index in [0.717, 1.165) is 49.2 Å². The van der Waals surface area contributed by atoms with Crippen molar-refractivity contribution in [2.75, 3.05) is 19.8 Å². The number of nitrogens with one attached hydrogen (secondary N) is 1. The van der Waals surface area contributed by atoms with Crippen LogP contribution in [-0.4, -0.2) is 40.9 Å². The van der Waals surface area contributed by atoms with Gasteiger partial charge in [-0.3, -0.25) is 0 Å². The summed E-state index contributed by atoms with van der Waals surface area (Å²) in [4.78, 5) is 2.27. The molecule has 22 heavy (non-hydrogen) atoms. The van der Waals surface area contributed by atoms with Crippen LogP contribution in [0.2, 0.25) is 0 Å². The third-order valence-corrected chi connectivity index (χ3v) is 4.88. The van der Waals surface area contributed by atoms with E-state index in [4.69, 9.17) is 0 Å². The number of aliphatic hydroxyl groups is 2. The monoisotopic (exact) mass is 306 g/mol. The van der Waals surface area contributed by atoms with Gasteiger partial charge >= 0.3 is 0 Å². The fraction of sp³-hybridized carbons (Fsp3) is 0.667. The number of nitrogens with zero attached hydrogens (tertiary/aromatic N) is 1. The fourth-order valence-electron chi connectivity index (χ4n) is 3.30. The topological polar surface area (TPSA) is 55.7 Å². The maximum Gasteiger partial charge on any atom is 0.0719 e. The highest BCUT2D eigenvalue weighted by molar-refractivity contribution is 5.40. The van der Waals surface area contributed by atoms with Gasteiger partial charge in [-0.2, -0.15) is 0 Å². The van der Waals surface area contributed by atoms with Crippen molar-refractivity contribution >= 4 is 0 Å². The van der Waals surface area contributed by atoms with Crippen LogP contribution in [0.4, 0.5) is 0 Å². The van der Waals surface area contributed by atoms with Gasteiger partial charge in [0.1, 0.15) is 0 Å². The lowest BCUT2D eigenvalue weighted by atomic mass is 9.90. The third-order valence-electron chi connectivity index (χ3n) is 4.88. The molecule has 0 bridgehead atoms.